The van der Waals surface area contributed by atoms with E-state index in [1.54, 1.807) is 0 Å². The van der Waals surface area contributed by atoms with Gasteiger partial charge in [-0.05, 0) is 30.2 Å². The maximum Gasteiger partial charge on any atom is 0.0521 e. The Balaban J connectivity index is 2.47. The molecule has 1 heterocycles. The van der Waals surface area contributed by atoms with E-state index in [9.17, 15) is 0 Å². The minimum Gasteiger partial charge on any atom is -0.276 e. The number of unbranched alkanes of at least 4 members (excludes halogenated alkanes) is 5. The molecule has 2 heteroatoms. The van der Waals surface area contributed by atoms with Gasteiger partial charge in [-0.25, -0.2) is 0 Å². The average Bonchev–Trinajstić information content (AvgIpc) is 2.81. The highest BCUT2D eigenvalue weighted by molar-refractivity contribution is 5.07. The first-order chi connectivity index (χ1) is 9.59. The monoisotopic (exact) mass is 278 g/mol. The standard InChI is InChI=1S/C18H34N2/c1-5-7-9-10-11-13-18(3,12-8-6-2)14-17-15-19-20(4)16-17/h15-16H,5-14H2,1-4H3. The van der Waals surface area contributed by atoms with Gasteiger partial charge in [0.15, 0.2) is 0 Å². The first-order valence-corrected chi connectivity index (χ1v) is 8.57. The Bertz CT molecular complexity index is 356. The van der Waals surface area contributed by atoms with Crippen molar-refractivity contribution in [1.29, 1.82) is 0 Å². The van der Waals surface area contributed by atoms with E-state index in [0.29, 0.717) is 5.41 Å². The number of hydrogen-bond donors (Lipinski definition) is 0. The van der Waals surface area contributed by atoms with Gasteiger partial charge in [0.2, 0.25) is 0 Å². The smallest absolute Gasteiger partial charge is 0.0521 e. The Morgan fingerprint density at radius 2 is 1.65 bits per heavy atom. The number of nitrogens with zero attached hydrogens (tertiary/aromatic N) is 2. The van der Waals surface area contributed by atoms with Gasteiger partial charge in [-0.15, -0.1) is 0 Å². The molecule has 0 fully saturated rings. The fourth-order valence-electron chi connectivity index (χ4n) is 3.12. The van der Waals surface area contributed by atoms with E-state index in [4.69, 9.17) is 0 Å². The third-order valence-electron chi connectivity index (χ3n) is 4.41. The molecule has 1 atom stereocenters. The molecule has 0 amide bonds. The Kier molecular flexibility index (Phi) is 7.94. The highest BCUT2D eigenvalue weighted by atomic mass is 15.2. The van der Waals surface area contributed by atoms with Gasteiger partial charge in [-0.1, -0.05) is 65.7 Å². The van der Waals surface area contributed by atoms with Crippen LogP contribution in [-0.4, -0.2) is 9.78 Å². The molecular formula is C18H34N2. The second-order valence-corrected chi connectivity index (χ2v) is 6.78. The van der Waals surface area contributed by atoms with Gasteiger partial charge >= 0.3 is 0 Å². The molecule has 0 bridgehead atoms. The van der Waals surface area contributed by atoms with Gasteiger partial charge in [0.25, 0.3) is 0 Å². The van der Waals surface area contributed by atoms with E-state index in [1.165, 1.54) is 69.8 Å². The minimum absolute atomic E-state index is 0.464. The van der Waals surface area contributed by atoms with Crippen molar-refractivity contribution in [3.8, 4) is 0 Å². The lowest BCUT2D eigenvalue weighted by Crippen LogP contribution is -2.19. The Morgan fingerprint density at radius 3 is 2.25 bits per heavy atom. The number of rotatable bonds is 11. The Labute approximate surface area is 126 Å². The van der Waals surface area contributed by atoms with Crippen LogP contribution in [0.25, 0.3) is 0 Å². The first kappa shape index (κ1) is 17.3. The predicted molar refractivity (Wildman–Crippen MR) is 87.9 cm³/mol. The summed E-state index contributed by atoms with van der Waals surface area (Å²) in [5.41, 5.74) is 1.87. The van der Waals surface area contributed by atoms with Gasteiger partial charge in [-0.3, -0.25) is 4.68 Å². The van der Waals surface area contributed by atoms with Crippen LogP contribution in [-0.2, 0) is 13.5 Å². The van der Waals surface area contributed by atoms with Crippen LogP contribution in [0.15, 0.2) is 12.4 Å². The molecule has 0 aliphatic heterocycles. The van der Waals surface area contributed by atoms with Crippen molar-refractivity contribution < 1.29 is 0 Å². The first-order valence-electron chi connectivity index (χ1n) is 8.57. The molecule has 0 aliphatic rings. The van der Waals surface area contributed by atoms with Crippen molar-refractivity contribution in [1.82, 2.24) is 9.78 Å². The molecule has 0 saturated carbocycles. The van der Waals surface area contributed by atoms with Crippen LogP contribution in [0, 0.1) is 5.41 Å². The Hall–Kier alpha value is -0.790. The summed E-state index contributed by atoms with van der Waals surface area (Å²) in [6.45, 7) is 7.06. The van der Waals surface area contributed by atoms with Gasteiger partial charge in [0, 0.05) is 13.2 Å². The molecule has 116 valence electrons. The van der Waals surface area contributed by atoms with Crippen molar-refractivity contribution in [3.63, 3.8) is 0 Å². The Morgan fingerprint density at radius 1 is 1.00 bits per heavy atom. The third kappa shape index (κ3) is 6.58. The van der Waals surface area contributed by atoms with Crippen LogP contribution in [0.1, 0.15) is 84.1 Å². The summed E-state index contributed by atoms with van der Waals surface area (Å²) in [6, 6.07) is 0. The minimum atomic E-state index is 0.464. The SMILES string of the molecule is CCCCCCCC(C)(CCCC)Cc1cnn(C)c1. The topological polar surface area (TPSA) is 17.8 Å². The lowest BCUT2D eigenvalue weighted by atomic mass is 9.76. The van der Waals surface area contributed by atoms with Gasteiger partial charge in [0.05, 0.1) is 6.20 Å². The molecule has 0 aromatic carbocycles. The molecule has 0 saturated heterocycles. The van der Waals surface area contributed by atoms with Crippen LogP contribution in [0.5, 0.6) is 0 Å². The number of aromatic nitrogens is 2. The number of aryl methyl sites for hydroxylation is 1. The third-order valence-corrected chi connectivity index (χ3v) is 4.41. The lowest BCUT2D eigenvalue weighted by Gasteiger charge is -2.29. The van der Waals surface area contributed by atoms with Crippen LogP contribution in [0.4, 0.5) is 0 Å². The molecule has 0 spiro atoms. The van der Waals surface area contributed by atoms with Gasteiger partial charge < -0.3 is 0 Å². The van der Waals surface area contributed by atoms with Crippen molar-refractivity contribution in [2.45, 2.75) is 85.0 Å². The zero-order chi connectivity index (χ0) is 14.8. The fourth-order valence-corrected chi connectivity index (χ4v) is 3.12. The summed E-state index contributed by atoms with van der Waals surface area (Å²) in [4.78, 5) is 0. The van der Waals surface area contributed by atoms with Crippen molar-refractivity contribution in [2.24, 2.45) is 12.5 Å². The van der Waals surface area contributed by atoms with E-state index < -0.39 is 0 Å². The zero-order valence-electron chi connectivity index (χ0n) is 14.1. The molecule has 2 nitrogen and oxygen atoms in total. The molecule has 20 heavy (non-hydrogen) atoms. The molecule has 1 rings (SSSR count). The predicted octanol–water partition coefficient (Wildman–Crippen LogP) is 5.52. The second kappa shape index (κ2) is 9.20. The maximum atomic E-state index is 4.32. The molecule has 1 aromatic heterocycles. The number of hydrogen-bond acceptors (Lipinski definition) is 1. The molecule has 0 N–H and O–H groups in total. The second-order valence-electron chi connectivity index (χ2n) is 6.78. The van der Waals surface area contributed by atoms with E-state index in [1.807, 2.05) is 17.9 Å². The summed E-state index contributed by atoms with van der Waals surface area (Å²) < 4.78 is 1.93. The summed E-state index contributed by atoms with van der Waals surface area (Å²) in [7, 11) is 2.01. The molecule has 0 radical (unpaired) electrons. The van der Waals surface area contributed by atoms with Crippen LogP contribution < -0.4 is 0 Å². The van der Waals surface area contributed by atoms with E-state index in [0.717, 1.165) is 0 Å². The van der Waals surface area contributed by atoms with Crippen molar-refractivity contribution >= 4 is 0 Å². The summed E-state index contributed by atoms with van der Waals surface area (Å²) in [5, 5.41) is 4.32. The largest absolute Gasteiger partial charge is 0.276 e. The van der Waals surface area contributed by atoms with Gasteiger partial charge in [0.1, 0.15) is 0 Å². The summed E-state index contributed by atoms with van der Waals surface area (Å²) >= 11 is 0. The highest BCUT2D eigenvalue weighted by Gasteiger charge is 2.24. The summed E-state index contributed by atoms with van der Waals surface area (Å²) in [6.07, 6.45) is 17.7. The zero-order valence-corrected chi connectivity index (χ0v) is 14.1. The van der Waals surface area contributed by atoms with E-state index >= 15 is 0 Å². The lowest BCUT2D eigenvalue weighted by molar-refractivity contribution is 0.251. The van der Waals surface area contributed by atoms with Crippen LogP contribution >= 0.6 is 0 Å². The fraction of sp³-hybridized carbons (Fsp3) is 0.833. The highest BCUT2D eigenvalue weighted by Crippen LogP contribution is 2.34. The molecule has 1 unspecified atom stereocenters. The molecule has 0 aliphatic carbocycles. The van der Waals surface area contributed by atoms with Crippen LogP contribution in [0.2, 0.25) is 0 Å². The molecule has 1 aromatic rings. The van der Waals surface area contributed by atoms with Gasteiger partial charge in [-0.2, -0.15) is 5.10 Å². The van der Waals surface area contributed by atoms with Crippen LogP contribution in [0.3, 0.4) is 0 Å². The summed E-state index contributed by atoms with van der Waals surface area (Å²) in [5.74, 6) is 0. The average molecular weight is 278 g/mol. The van der Waals surface area contributed by atoms with E-state index in [2.05, 4.69) is 32.1 Å². The maximum absolute atomic E-state index is 4.32. The molecular weight excluding hydrogens is 244 g/mol. The van der Waals surface area contributed by atoms with Crippen molar-refractivity contribution in [3.05, 3.63) is 18.0 Å². The quantitative estimate of drug-likeness (QED) is 0.487. The normalized spacial score (nSPS) is 14.4. The van der Waals surface area contributed by atoms with Crippen molar-refractivity contribution in [2.75, 3.05) is 0 Å². The van der Waals surface area contributed by atoms with E-state index in [-0.39, 0.29) is 0 Å².